The molecule has 1 aliphatic carbocycles. The lowest BCUT2D eigenvalue weighted by Crippen LogP contribution is -2.53. The van der Waals surface area contributed by atoms with Gasteiger partial charge in [-0.2, -0.15) is 0 Å². The van der Waals surface area contributed by atoms with E-state index in [1.165, 1.54) is 0 Å². The quantitative estimate of drug-likeness (QED) is 0.508. The number of ether oxygens (including phenoxy) is 1. The first kappa shape index (κ1) is 15.2. The average molecular weight is 274 g/mol. The van der Waals surface area contributed by atoms with Gasteiger partial charge in [0.25, 0.3) is 0 Å². The molecule has 0 saturated heterocycles. The van der Waals surface area contributed by atoms with Gasteiger partial charge in [0.1, 0.15) is 6.04 Å². The number of urea groups is 1. The summed E-state index contributed by atoms with van der Waals surface area (Å²) in [5.74, 6) is -2.68. The highest BCUT2D eigenvalue weighted by Crippen LogP contribution is 2.34. The smallest absolute Gasteiger partial charge is 0.326 e. The molecule has 0 aliphatic heterocycles. The Morgan fingerprint density at radius 3 is 2.32 bits per heavy atom. The van der Waals surface area contributed by atoms with Gasteiger partial charge in [-0.25, -0.2) is 9.59 Å². The average Bonchev–Trinajstić information content (AvgIpc) is 2.26. The molecule has 1 aliphatic rings. The number of amides is 2. The SMILES string of the molecule is COC1(CNC(=O)N[C@H](CC(=O)O)C(=O)O)CCC1. The van der Waals surface area contributed by atoms with E-state index < -0.39 is 30.4 Å². The number of aliphatic carboxylic acids is 2. The monoisotopic (exact) mass is 274 g/mol. The lowest BCUT2D eigenvalue weighted by molar-refractivity contribution is -0.145. The fourth-order valence-corrected chi connectivity index (χ4v) is 1.85. The zero-order valence-corrected chi connectivity index (χ0v) is 10.6. The molecule has 108 valence electrons. The van der Waals surface area contributed by atoms with Crippen molar-refractivity contribution in [2.24, 2.45) is 0 Å². The highest BCUT2D eigenvalue weighted by atomic mass is 16.5. The van der Waals surface area contributed by atoms with E-state index >= 15 is 0 Å². The van der Waals surface area contributed by atoms with Crippen LogP contribution in [0.15, 0.2) is 0 Å². The van der Waals surface area contributed by atoms with Gasteiger partial charge in [0.05, 0.1) is 12.0 Å². The Hall–Kier alpha value is -1.83. The molecule has 0 bridgehead atoms. The molecular formula is C11H18N2O6. The standard InChI is InChI=1S/C11H18N2O6/c1-19-11(3-2-4-11)6-12-10(18)13-7(9(16)17)5-8(14)15/h7H,2-6H2,1H3,(H,14,15)(H,16,17)(H2,12,13,18)/t7-/m1/s1. The number of hydrogen-bond donors (Lipinski definition) is 4. The summed E-state index contributed by atoms with van der Waals surface area (Å²) in [5.41, 5.74) is -0.372. The van der Waals surface area contributed by atoms with Crippen LogP contribution in [0, 0.1) is 0 Å². The lowest BCUT2D eigenvalue weighted by atomic mass is 9.80. The molecule has 0 radical (unpaired) electrons. The van der Waals surface area contributed by atoms with Gasteiger partial charge in [0.2, 0.25) is 0 Å². The number of rotatable bonds is 7. The molecule has 0 aromatic heterocycles. The molecule has 1 rings (SSSR count). The second-order valence-corrected chi connectivity index (χ2v) is 4.56. The summed E-state index contributed by atoms with van der Waals surface area (Å²) in [7, 11) is 1.56. The molecule has 19 heavy (non-hydrogen) atoms. The predicted octanol–water partition coefficient (Wildman–Crippen LogP) is -0.217. The fourth-order valence-electron chi connectivity index (χ4n) is 1.85. The Labute approximate surface area is 110 Å². The van der Waals surface area contributed by atoms with Crippen molar-refractivity contribution in [3.05, 3.63) is 0 Å². The molecule has 0 unspecified atom stereocenters. The molecule has 1 saturated carbocycles. The third-order valence-electron chi connectivity index (χ3n) is 3.25. The number of nitrogens with one attached hydrogen (secondary N) is 2. The van der Waals surface area contributed by atoms with E-state index in [9.17, 15) is 14.4 Å². The summed E-state index contributed by atoms with van der Waals surface area (Å²) >= 11 is 0. The van der Waals surface area contributed by atoms with Crippen LogP contribution in [0.5, 0.6) is 0 Å². The third kappa shape index (κ3) is 4.40. The van der Waals surface area contributed by atoms with Crippen LogP contribution in [-0.4, -0.2) is 53.5 Å². The first-order chi connectivity index (χ1) is 8.88. The zero-order chi connectivity index (χ0) is 14.5. The van der Waals surface area contributed by atoms with Gasteiger partial charge < -0.3 is 25.6 Å². The van der Waals surface area contributed by atoms with Gasteiger partial charge in [0, 0.05) is 13.7 Å². The maximum atomic E-state index is 11.5. The van der Waals surface area contributed by atoms with Crippen LogP contribution in [0.4, 0.5) is 4.79 Å². The van der Waals surface area contributed by atoms with Crippen molar-refractivity contribution in [3.8, 4) is 0 Å². The summed E-state index contributed by atoms with van der Waals surface area (Å²) in [5, 5.41) is 21.9. The predicted molar refractivity (Wildman–Crippen MR) is 63.8 cm³/mol. The molecule has 8 nitrogen and oxygen atoms in total. The van der Waals surface area contributed by atoms with Crippen molar-refractivity contribution >= 4 is 18.0 Å². The van der Waals surface area contributed by atoms with Crippen molar-refractivity contribution in [3.63, 3.8) is 0 Å². The van der Waals surface area contributed by atoms with Gasteiger partial charge in [-0.15, -0.1) is 0 Å². The molecule has 1 atom stereocenters. The maximum absolute atomic E-state index is 11.5. The van der Waals surface area contributed by atoms with E-state index in [1.54, 1.807) is 7.11 Å². The Balaban J connectivity index is 2.40. The largest absolute Gasteiger partial charge is 0.481 e. The normalized spacial score (nSPS) is 17.9. The van der Waals surface area contributed by atoms with Crippen LogP contribution in [0.25, 0.3) is 0 Å². The molecule has 8 heteroatoms. The van der Waals surface area contributed by atoms with E-state index in [1.807, 2.05) is 0 Å². The molecule has 0 aromatic carbocycles. The van der Waals surface area contributed by atoms with Gasteiger partial charge in [0.15, 0.2) is 0 Å². The Bertz CT molecular complexity index is 361. The number of carboxylic acids is 2. The molecule has 1 fully saturated rings. The molecule has 0 spiro atoms. The highest BCUT2D eigenvalue weighted by molar-refractivity contribution is 5.86. The summed E-state index contributed by atoms with van der Waals surface area (Å²) in [6.45, 7) is 0.273. The van der Waals surface area contributed by atoms with Crippen molar-refractivity contribution in [1.82, 2.24) is 10.6 Å². The number of hydrogen-bond acceptors (Lipinski definition) is 4. The third-order valence-corrected chi connectivity index (χ3v) is 3.25. The zero-order valence-electron chi connectivity index (χ0n) is 10.6. The Kier molecular flexibility index (Phi) is 5.11. The summed E-state index contributed by atoms with van der Waals surface area (Å²) < 4.78 is 5.29. The minimum atomic E-state index is -1.45. The van der Waals surface area contributed by atoms with Crippen LogP contribution in [0.2, 0.25) is 0 Å². The second kappa shape index (κ2) is 6.37. The summed E-state index contributed by atoms with van der Waals surface area (Å²) in [6, 6.07) is -2.16. The minimum Gasteiger partial charge on any atom is -0.481 e. The van der Waals surface area contributed by atoms with Crippen LogP contribution < -0.4 is 10.6 Å². The van der Waals surface area contributed by atoms with E-state index in [4.69, 9.17) is 14.9 Å². The van der Waals surface area contributed by atoms with Crippen molar-refractivity contribution in [2.75, 3.05) is 13.7 Å². The Morgan fingerprint density at radius 1 is 1.32 bits per heavy atom. The van der Waals surface area contributed by atoms with E-state index in [-0.39, 0.29) is 12.1 Å². The van der Waals surface area contributed by atoms with Crippen molar-refractivity contribution in [1.29, 1.82) is 0 Å². The topological polar surface area (TPSA) is 125 Å². The maximum Gasteiger partial charge on any atom is 0.326 e. The molecule has 2 amide bonds. The lowest BCUT2D eigenvalue weighted by Gasteiger charge is -2.40. The van der Waals surface area contributed by atoms with E-state index in [0.717, 1.165) is 19.3 Å². The molecule has 0 heterocycles. The van der Waals surface area contributed by atoms with Gasteiger partial charge in [-0.05, 0) is 19.3 Å². The number of methoxy groups -OCH3 is 1. The van der Waals surface area contributed by atoms with E-state index in [2.05, 4.69) is 10.6 Å². The first-order valence-corrected chi connectivity index (χ1v) is 5.93. The first-order valence-electron chi connectivity index (χ1n) is 5.93. The molecular weight excluding hydrogens is 256 g/mol. The Morgan fingerprint density at radius 2 is 1.95 bits per heavy atom. The molecule has 0 aromatic rings. The van der Waals surface area contributed by atoms with Crippen LogP contribution in [-0.2, 0) is 14.3 Å². The van der Waals surface area contributed by atoms with Crippen molar-refractivity contribution in [2.45, 2.75) is 37.3 Å². The van der Waals surface area contributed by atoms with Gasteiger partial charge in [-0.1, -0.05) is 0 Å². The minimum absolute atomic E-state index is 0.273. The number of carbonyl (C=O) groups is 3. The number of carboxylic acid groups (broad SMARTS) is 2. The van der Waals surface area contributed by atoms with Crippen LogP contribution >= 0.6 is 0 Å². The van der Waals surface area contributed by atoms with Gasteiger partial charge >= 0.3 is 18.0 Å². The fraction of sp³-hybridized carbons (Fsp3) is 0.727. The molecule has 4 N–H and O–H groups in total. The van der Waals surface area contributed by atoms with Crippen LogP contribution in [0.1, 0.15) is 25.7 Å². The second-order valence-electron chi connectivity index (χ2n) is 4.56. The van der Waals surface area contributed by atoms with Gasteiger partial charge in [-0.3, -0.25) is 4.79 Å². The summed E-state index contributed by atoms with van der Waals surface area (Å²) in [4.78, 5) is 32.7. The summed E-state index contributed by atoms with van der Waals surface area (Å²) in [6.07, 6.45) is 2.02. The van der Waals surface area contributed by atoms with Crippen LogP contribution in [0.3, 0.4) is 0 Å². The van der Waals surface area contributed by atoms with Crippen molar-refractivity contribution < 1.29 is 29.3 Å². The number of carbonyl (C=O) groups excluding carboxylic acids is 1. The van der Waals surface area contributed by atoms with E-state index in [0.29, 0.717) is 0 Å². The highest BCUT2D eigenvalue weighted by Gasteiger charge is 2.37.